The molecule has 0 unspecified atom stereocenters. The molecule has 0 spiro atoms. The highest BCUT2D eigenvalue weighted by atomic mass is 16.1. The van der Waals surface area contributed by atoms with Crippen LogP contribution in [-0.4, -0.2) is 13.0 Å². The second kappa shape index (κ2) is 3.67. The lowest BCUT2D eigenvalue weighted by atomic mass is 10.1. The van der Waals surface area contributed by atoms with Gasteiger partial charge in [0, 0.05) is 12.3 Å². The Morgan fingerprint density at radius 1 is 1.58 bits per heavy atom. The van der Waals surface area contributed by atoms with Crippen molar-refractivity contribution in [1.82, 2.24) is 0 Å². The summed E-state index contributed by atoms with van der Waals surface area (Å²) in [6, 6.07) is 5.32. The number of hydrogen-bond acceptors (Lipinski definition) is 3. The Labute approximate surface area is 71.1 Å². The summed E-state index contributed by atoms with van der Waals surface area (Å²) in [7, 11) is 0. The van der Waals surface area contributed by atoms with Crippen molar-refractivity contribution in [2.24, 2.45) is 5.10 Å². The molecule has 0 fully saturated rings. The van der Waals surface area contributed by atoms with E-state index < -0.39 is 0 Å². The normalized spacial score (nSPS) is 9.08. The number of hydrogen-bond donors (Lipinski definition) is 1. The Kier molecular flexibility index (Phi) is 2.58. The summed E-state index contributed by atoms with van der Waals surface area (Å²) in [5, 5.41) is 3.53. The molecule has 0 saturated heterocycles. The summed E-state index contributed by atoms with van der Waals surface area (Å²) < 4.78 is 0. The second-order valence-electron chi connectivity index (χ2n) is 2.46. The summed E-state index contributed by atoms with van der Waals surface area (Å²) in [5.41, 5.74) is 5.24. The molecule has 3 heteroatoms. The molecule has 0 bridgehead atoms. The van der Waals surface area contributed by atoms with Crippen LogP contribution in [-0.2, 0) is 0 Å². The lowest BCUT2D eigenvalue weighted by Gasteiger charge is -2.03. The van der Waals surface area contributed by atoms with Crippen LogP contribution in [0.4, 0.5) is 5.69 Å². The van der Waals surface area contributed by atoms with Crippen molar-refractivity contribution < 1.29 is 4.79 Å². The molecule has 0 atom stereocenters. The van der Waals surface area contributed by atoms with Gasteiger partial charge in [-0.25, -0.2) is 0 Å². The van der Waals surface area contributed by atoms with Crippen molar-refractivity contribution in [2.45, 2.75) is 6.92 Å². The standard InChI is InChI=1S/C9H10N2O/c1-7-5-8(6-12)3-4-9(7)11-10-2/h3-6,11H,2H2,1H3. The molecule has 1 aromatic rings. The quantitative estimate of drug-likeness (QED) is 0.418. The van der Waals surface area contributed by atoms with Crippen LogP contribution in [0, 0.1) is 6.92 Å². The van der Waals surface area contributed by atoms with Crippen LogP contribution >= 0.6 is 0 Å². The molecule has 12 heavy (non-hydrogen) atoms. The number of hydrazone groups is 1. The van der Waals surface area contributed by atoms with Gasteiger partial charge in [0.1, 0.15) is 6.29 Å². The minimum atomic E-state index is 0.669. The number of carbonyl (C=O) groups excluding carboxylic acids is 1. The van der Waals surface area contributed by atoms with Crippen LogP contribution in [0.2, 0.25) is 0 Å². The van der Waals surface area contributed by atoms with Gasteiger partial charge >= 0.3 is 0 Å². The number of nitrogens with zero attached hydrogens (tertiary/aromatic N) is 1. The molecule has 0 saturated carbocycles. The van der Waals surface area contributed by atoms with Gasteiger partial charge in [-0.15, -0.1) is 0 Å². The van der Waals surface area contributed by atoms with Crippen LogP contribution in [0.5, 0.6) is 0 Å². The van der Waals surface area contributed by atoms with Gasteiger partial charge in [-0.3, -0.25) is 10.2 Å². The van der Waals surface area contributed by atoms with E-state index in [1.54, 1.807) is 18.2 Å². The first kappa shape index (κ1) is 8.46. The first-order chi connectivity index (χ1) is 5.77. The van der Waals surface area contributed by atoms with Crippen molar-refractivity contribution in [2.75, 3.05) is 5.43 Å². The molecule has 1 N–H and O–H groups in total. The van der Waals surface area contributed by atoms with Crippen molar-refractivity contribution >= 4 is 18.7 Å². The second-order valence-corrected chi connectivity index (χ2v) is 2.46. The van der Waals surface area contributed by atoms with E-state index in [0.29, 0.717) is 5.56 Å². The van der Waals surface area contributed by atoms with Gasteiger partial charge in [-0.05, 0) is 30.7 Å². The van der Waals surface area contributed by atoms with E-state index in [1.165, 1.54) is 0 Å². The SMILES string of the molecule is C=NNc1ccc(C=O)cc1C. The largest absolute Gasteiger partial charge is 0.298 e. The van der Waals surface area contributed by atoms with Gasteiger partial charge in [-0.1, -0.05) is 0 Å². The zero-order valence-corrected chi connectivity index (χ0v) is 6.87. The molecule has 0 amide bonds. The van der Waals surface area contributed by atoms with E-state index in [4.69, 9.17) is 0 Å². The molecule has 1 rings (SSSR count). The highest BCUT2D eigenvalue weighted by molar-refractivity contribution is 5.76. The fraction of sp³-hybridized carbons (Fsp3) is 0.111. The molecule has 0 radical (unpaired) electrons. The fourth-order valence-electron chi connectivity index (χ4n) is 0.971. The number of aldehydes is 1. The van der Waals surface area contributed by atoms with Crippen LogP contribution < -0.4 is 5.43 Å². The molecular formula is C9H10N2O. The Balaban J connectivity index is 3.02. The zero-order valence-electron chi connectivity index (χ0n) is 6.87. The summed E-state index contributed by atoms with van der Waals surface area (Å²) in [6.45, 7) is 5.21. The fourth-order valence-corrected chi connectivity index (χ4v) is 0.971. The lowest BCUT2D eigenvalue weighted by molar-refractivity contribution is 0.112. The highest BCUT2D eigenvalue weighted by Gasteiger charge is 1.96. The predicted octanol–water partition coefficient (Wildman–Crippen LogP) is 1.84. The topological polar surface area (TPSA) is 41.5 Å². The van der Waals surface area contributed by atoms with E-state index in [0.717, 1.165) is 17.5 Å². The maximum absolute atomic E-state index is 10.4. The van der Waals surface area contributed by atoms with Crippen molar-refractivity contribution in [3.05, 3.63) is 29.3 Å². The molecule has 0 aliphatic carbocycles. The third-order valence-corrected chi connectivity index (χ3v) is 1.59. The monoisotopic (exact) mass is 162 g/mol. The number of anilines is 1. The number of benzene rings is 1. The molecule has 0 heterocycles. The number of carbonyl (C=O) groups is 1. The third kappa shape index (κ3) is 1.69. The first-order valence-electron chi connectivity index (χ1n) is 3.55. The summed E-state index contributed by atoms with van der Waals surface area (Å²) in [6.07, 6.45) is 0.818. The lowest BCUT2D eigenvalue weighted by Crippen LogP contribution is -1.91. The number of nitrogens with one attached hydrogen (secondary N) is 1. The maximum atomic E-state index is 10.4. The molecule has 62 valence electrons. The molecule has 0 aromatic heterocycles. The first-order valence-corrected chi connectivity index (χ1v) is 3.55. The Hall–Kier alpha value is -1.64. The van der Waals surface area contributed by atoms with Crippen molar-refractivity contribution in [1.29, 1.82) is 0 Å². The van der Waals surface area contributed by atoms with Crippen molar-refractivity contribution in [3.63, 3.8) is 0 Å². The smallest absolute Gasteiger partial charge is 0.150 e. The molecule has 1 aromatic carbocycles. The van der Waals surface area contributed by atoms with Crippen LogP contribution in [0.15, 0.2) is 23.3 Å². The van der Waals surface area contributed by atoms with E-state index in [9.17, 15) is 4.79 Å². The highest BCUT2D eigenvalue weighted by Crippen LogP contribution is 2.14. The van der Waals surface area contributed by atoms with E-state index in [-0.39, 0.29) is 0 Å². The average molecular weight is 162 g/mol. The minimum Gasteiger partial charge on any atom is -0.298 e. The minimum absolute atomic E-state index is 0.669. The molecule has 0 aliphatic rings. The zero-order chi connectivity index (χ0) is 8.97. The summed E-state index contributed by atoms with van der Waals surface area (Å²) in [5.74, 6) is 0. The van der Waals surface area contributed by atoms with Gasteiger partial charge in [0.2, 0.25) is 0 Å². The van der Waals surface area contributed by atoms with E-state index in [2.05, 4.69) is 17.2 Å². The average Bonchev–Trinajstić information content (AvgIpc) is 2.09. The van der Waals surface area contributed by atoms with Gasteiger partial charge in [-0.2, -0.15) is 5.10 Å². The number of aryl methyl sites for hydroxylation is 1. The summed E-state index contributed by atoms with van der Waals surface area (Å²) >= 11 is 0. The van der Waals surface area contributed by atoms with Crippen LogP contribution in [0.1, 0.15) is 15.9 Å². The Morgan fingerprint density at radius 3 is 2.83 bits per heavy atom. The third-order valence-electron chi connectivity index (χ3n) is 1.59. The number of rotatable bonds is 3. The maximum Gasteiger partial charge on any atom is 0.150 e. The van der Waals surface area contributed by atoms with Gasteiger partial charge < -0.3 is 0 Å². The van der Waals surface area contributed by atoms with Gasteiger partial charge in [0.15, 0.2) is 0 Å². The van der Waals surface area contributed by atoms with Crippen molar-refractivity contribution in [3.8, 4) is 0 Å². The molecule has 0 aliphatic heterocycles. The van der Waals surface area contributed by atoms with E-state index >= 15 is 0 Å². The Bertz CT molecular complexity index is 307. The molecule has 3 nitrogen and oxygen atoms in total. The van der Waals surface area contributed by atoms with Crippen LogP contribution in [0.25, 0.3) is 0 Å². The summed E-state index contributed by atoms with van der Waals surface area (Å²) in [4.78, 5) is 10.4. The van der Waals surface area contributed by atoms with Gasteiger partial charge in [0.05, 0.1) is 5.69 Å². The Morgan fingerprint density at radius 2 is 2.33 bits per heavy atom. The van der Waals surface area contributed by atoms with E-state index in [1.807, 2.05) is 6.92 Å². The van der Waals surface area contributed by atoms with Gasteiger partial charge in [0.25, 0.3) is 0 Å². The van der Waals surface area contributed by atoms with Crippen LogP contribution in [0.3, 0.4) is 0 Å². The molecular weight excluding hydrogens is 152 g/mol. The predicted molar refractivity (Wildman–Crippen MR) is 49.7 cm³/mol.